The summed E-state index contributed by atoms with van der Waals surface area (Å²) in [4.78, 5) is 14.6. The van der Waals surface area contributed by atoms with E-state index in [9.17, 15) is 9.18 Å². The second-order valence-electron chi connectivity index (χ2n) is 7.99. The molecule has 0 radical (unpaired) electrons. The van der Waals surface area contributed by atoms with E-state index in [1.165, 1.54) is 12.1 Å². The molecule has 1 aromatic heterocycles. The number of hydrogen-bond donors (Lipinski definition) is 1. The molecule has 0 saturated carbocycles. The lowest BCUT2D eigenvalue weighted by Crippen LogP contribution is -2.39. The second-order valence-corrected chi connectivity index (χ2v) is 8.43. The Balaban J connectivity index is 1.75. The van der Waals surface area contributed by atoms with E-state index in [-0.39, 0.29) is 18.4 Å². The van der Waals surface area contributed by atoms with E-state index in [4.69, 9.17) is 21.4 Å². The Morgan fingerprint density at radius 2 is 1.80 bits per heavy atom. The quantitative estimate of drug-likeness (QED) is 0.305. The van der Waals surface area contributed by atoms with Crippen LogP contribution in [0.4, 0.5) is 9.18 Å². The molecule has 0 atom stereocenters. The van der Waals surface area contributed by atoms with Gasteiger partial charge in [-0.2, -0.15) is 5.10 Å². The molecule has 8 heteroatoms. The molecule has 0 unspecified atom stereocenters. The minimum atomic E-state index is -0.324. The molecule has 35 heavy (non-hydrogen) atoms. The Hall–Kier alpha value is -3.84. The van der Waals surface area contributed by atoms with Crippen molar-refractivity contribution in [2.24, 2.45) is 0 Å². The number of aromatic nitrogens is 2. The van der Waals surface area contributed by atoms with Crippen LogP contribution in [0, 0.1) is 12.7 Å². The SMILES string of the molecule is CCNC(=O)N(Cc1ccc(F)cc1)Cc1c(C)nn(-c2cccc(Cl)c2)c1Oc1ccccc1. The largest absolute Gasteiger partial charge is 0.439 e. The van der Waals surface area contributed by atoms with Crippen LogP contribution in [-0.2, 0) is 13.1 Å². The molecule has 0 fully saturated rings. The number of nitrogens with zero attached hydrogens (tertiary/aromatic N) is 3. The average Bonchev–Trinajstić information content (AvgIpc) is 3.15. The molecule has 2 amide bonds. The molecule has 4 aromatic rings. The van der Waals surface area contributed by atoms with Crippen LogP contribution >= 0.6 is 11.6 Å². The molecule has 0 saturated heterocycles. The standard InChI is InChI=1S/C27H26ClFN4O2/c1-3-30-27(34)32(17-20-12-14-22(29)15-13-20)18-25-19(2)31-33(23-9-7-8-21(28)16-23)26(25)35-24-10-5-4-6-11-24/h4-16H,3,17-18H2,1-2H3,(H,30,34). The van der Waals surface area contributed by atoms with Crippen LogP contribution in [-0.4, -0.2) is 27.3 Å². The Labute approximate surface area is 208 Å². The van der Waals surface area contributed by atoms with Crippen molar-refractivity contribution < 1.29 is 13.9 Å². The third-order valence-electron chi connectivity index (χ3n) is 5.40. The summed E-state index contributed by atoms with van der Waals surface area (Å²) in [5, 5.41) is 8.15. The predicted octanol–water partition coefficient (Wildman–Crippen LogP) is 6.50. The topological polar surface area (TPSA) is 59.4 Å². The van der Waals surface area contributed by atoms with Crippen LogP contribution in [0.25, 0.3) is 5.69 Å². The number of amides is 2. The number of nitrogens with one attached hydrogen (secondary N) is 1. The molecule has 4 rings (SSSR count). The van der Waals surface area contributed by atoms with E-state index in [2.05, 4.69) is 5.32 Å². The zero-order valence-corrected chi connectivity index (χ0v) is 20.3. The fraction of sp³-hybridized carbons (Fsp3) is 0.185. The monoisotopic (exact) mass is 492 g/mol. The van der Waals surface area contributed by atoms with Crippen LogP contribution in [0.5, 0.6) is 11.6 Å². The third-order valence-corrected chi connectivity index (χ3v) is 5.63. The molecule has 180 valence electrons. The van der Waals surface area contributed by atoms with Gasteiger partial charge in [0.2, 0.25) is 5.88 Å². The van der Waals surface area contributed by atoms with Gasteiger partial charge in [-0.25, -0.2) is 13.9 Å². The van der Waals surface area contributed by atoms with E-state index in [0.29, 0.717) is 35.4 Å². The van der Waals surface area contributed by atoms with E-state index in [1.807, 2.05) is 56.3 Å². The summed E-state index contributed by atoms with van der Waals surface area (Å²) in [6.45, 7) is 4.74. The molecule has 1 heterocycles. The van der Waals surface area contributed by atoms with Gasteiger partial charge in [-0.15, -0.1) is 0 Å². The molecular formula is C27H26ClFN4O2. The molecule has 0 bridgehead atoms. The molecule has 6 nitrogen and oxygen atoms in total. The summed E-state index contributed by atoms with van der Waals surface area (Å²) >= 11 is 6.25. The van der Waals surface area contributed by atoms with Gasteiger partial charge in [0.15, 0.2) is 0 Å². The smallest absolute Gasteiger partial charge is 0.317 e. The van der Waals surface area contributed by atoms with Crippen molar-refractivity contribution in [1.82, 2.24) is 20.0 Å². The van der Waals surface area contributed by atoms with Crippen LogP contribution in [0.1, 0.15) is 23.7 Å². The van der Waals surface area contributed by atoms with Crippen molar-refractivity contribution in [1.29, 1.82) is 0 Å². The highest BCUT2D eigenvalue weighted by Gasteiger charge is 2.24. The number of urea groups is 1. The van der Waals surface area contributed by atoms with Gasteiger partial charge in [0.05, 0.1) is 23.5 Å². The minimum Gasteiger partial charge on any atom is -0.439 e. The number of carbonyl (C=O) groups excluding carboxylic acids is 1. The van der Waals surface area contributed by atoms with E-state index >= 15 is 0 Å². The first-order chi connectivity index (χ1) is 16.9. The predicted molar refractivity (Wildman–Crippen MR) is 135 cm³/mol. The molecule has 0 spiro atoms. The van der Waals surface area contributed by atoms with Gasteiger partial charge >= 0.3 is 6.03 Å². The van der Waals surface area contributed by atoms with Crippen molar-refractivity contribution in [3.63, 3.8) is 0 Å². The molecule has 1 N–H and O–H groups in total. The van der Waals surface area contributed by atoms with Crippen molar-refractivity contribution in [3.8, 4) is 17.3 Å². The molecule has 0 aliphatic heterocycles. The second kappa shape index (κ2) is 11.1. The van der Waals surface area contributed by atoms with Gasteiger partial charge in [-0.05, 0) is 61.9 Å². The first kappa shape index (κ1) is 24.3. The number of aryl methyl sites for hydroxylation is 1. The fourth-order valence-corrected chi connectivity index (χ4v) is 3.86. The number of para-hydroxylation sites is 1. The number of ether oxygens (including phenoxy) is 1. The maximum Gasteiger partial charge on any atom is 0.317 e. The van der Waals surface area contributed by atoms with Gasteiger partial charge in [0, 0.05) is 18.1 Å². The first-order valence-corrected chi connectivity index (χ1v) is 11.7. The van der Waals surface area contributed by atoms with Crippen LogP contribution in [0.3, 0.4) is 0 Å². The number of halogens is 2. The van der Waals surface area contributed by atoms with Crippen molar-refractivity contribution >= 4 is 17.6 Å². The van der Waals surface area contributed by atoms with E-state index in [0.717, 1.165) is 16.8 Å². The van der Waals surface area contributed by atoms with E-state index in [1.54, 1.807) is 33.8 Å². The summed E-state index contributed by atoms with van der Waals surface area (Å²) in [5.41, 5.74) is 3.01. The zero-order chi connectivity index (χ0) is 24.8. The normalized spacial score (nSPS) is 10.7. The third kappa shape index (κ3) is 6.00. The van der Waals surface area contributed by atoms with Crippen LogP contribution in [0.15, 0.2) is 78.9 Å². The van der Waals surface area contributed by atoms with E-state index < -0.39 is 0 Å². The molecule has 0 aliphatic rings. The summed E-state index contributed by atoms with van der Waals surface area (Å²) < 4.78 is 21.4. The van der Waals surface area contributed by atoms with Gasteiger partial charge in [0.1, 0.15) is 11.6 Å². The lowest BCUT2D eigenvalue weighted by Gasteiger charge is -2.23. The summed E-state index contributed by atoms with van der Waals surface area (Å²) in [6.07, 6.45) is 0. The summed E-state index contributed by atoms with van der Waals surface area (Å²) in [7, 11) is 0. The van der Waals surface area contributed by atoms with Gasteiger partial charge in [0.25, 0.3) is 0 Å². The van der Waals surface area contributed by atoms with Crippen LogP contribution in [0.2, 0.25) is 5.02 Å². The fourth-order valence-electron chi connectivity index (χ4n) is 3.67. The Kier molecular flexibility index (Phi) is 7.67. The number of rotatable bonds is 8. The maximum absolute atomic E-state index is 13.4. The molecule has 3 aromatic carbocycles. The molecular weight excluding hydrogens is 467 g/mol. The molecule has 0 aliphatic carbocycles. The average molecular weight is 493 g/mol. The Morgan fingerprint density at radius 1 is 1.06 bits per heavy atom. The lowest BCUT2D eigenvalue weighted by molar-refractivity contribution is 0.192. The van der Waals surface area contributed by atoms with Crippen LogP contribution < -0.4 is 10.1 Å². The highest BCUT2D eigenvalue weighted by Crippen LogP contribution is 2.32. The summed E-state index contributed by atoms with van der Waals surface area (Å²) in [6, 6.07) is 22.6. The first-order valence-electron chi connectivity index (χ1n) is 11.3. The Bertz CT molecular complexity index is 1290. The van der Waals surface area contributed by atoms with Crippen molar-refractivity contribution in [2.45, 2.75) is 26.9 Å². The van der Waals surface area contributed by atoms with Gasteiger partial charge in [-0.3, -0.25) is 0 Å². The number of carbonyl (C=O) groups is 1. The summed E-state index contributed by atoms with van der Waals surface area (Å²) in [5.74, 6) is 0.805. The zero-order valence-electron chi connectivity index (χ0n) is 19.5. The number of benzene rings is 3. The number of hydrogen-bond acceptors (Lipinski definition) is 3. The Morgan fingerprint density at radius 3 is 2.49 bits per heavy atom. The minimum absolute atomic E-state index is 0.234. The van der Waals surface area contributed by atoms with Crippen molar-refractivity contribution in [2.75, 3.05) is 6.54 Å². The highest BCUT2D eigenvalue weighted by molar-refractivity contribution is 6.30. The van der Waals surface area contributed by atoms with Crippen molar-refractivity contribution in [3.05, 3.63) is 107 Å². The highest BCUT2D eigenvalue weighted by atomic mass is 35.5. The lowest BCUT2D eigenvalue weighted by atomic mass is 10.2. The maximum atomic E-state index is 13.4. The van der Waals surface area contributed by atoms with Gasteiger partial charge < -0.3 is 15.0 Å². The van der Waals surface area contributed by atoms with Gasteiger partial charge in [-0.1, -0.05) is 48.0 Å².